The Morgan fingerprint density at radius 1 is 0.870 bits per heavy atom. The minimum Gasteiger partial charge on any atom is -0.331 e. The molecular formula is C21H21NO. The van der Waals surface area contributed by atoms with E-state index in [1.54, 1.807) is 17.1 Å². The van der Waals surface area contributed by atoms with Crippen molar-refractivity contribution in [1.82, 2.24) is 4.90 Å². The predicted octanol–water partition coefficient (Wildman–Crippen LogP) is 4.43. The van der Waals surface area contributed by atoms with Crippen molar-refractivity contribution in [2.75, 3.05) is 13.1 Å². The van der Waals surface area contributed by atoms with Crippen LogP contribution in [0.3, 0.4) is 0 Å². The smallest absolute Gasteiger partial charge is 0.255 e. The summed E-state index contributed by atoms with van der Waals surface area (Å²) in [4.78, 5) is 14.7. The Balaban J connectivity index is 2.45. The van der Waals surface area contributed by atoms with E-state index in [9.17, 15) is 4.79 Å². The van der Waals surface area contributed by atoms with Crippen LogP contribution in [0.25, 0.3) is 11.6 Å². The van der Waals surface area contributed by atoms with Crippen LogP contribution in [0.5, 0.6) is 0 Å². The molecule has 0 bridgehead atoms. The molecule has 23 heavy (non-hydrogen) atoms. The fourth-order valence-corrected chi connectivity index (χ4v) is 2.32. The van der Waals surface area contributed by atoms with Gasteiger partial charge in [-0.2, -0.15) is 0 Å². The molecule has 0 radical (unpaired) electrons. The highest BCUT2D eigenvalue weighted by Crippen LogP contribution is 2.21. The number of nitrogens with zero attached hydrogens (tertiary/aromatic N) is 1. The van der Waals surface area contributed by atoms with Crippen LogP contribution in [0.4, 0.5) is 0 Å². The zero-order valence-corrected chi connectivity index (χ0v) is 13.2. The lowest BCUT2D eigenvalue weighted by Gasteiger charge is -2.21. The van der Waals surface area contributed by atoms with E-state index in [2.05, 4.69) is 13.2 Å². The molecule has 2 rings (SSSR count). The van der Waals surface area contributed by atoms with Gasteiger partial charge >= 0.3 is 0 Å². The molecule has 0 aliphatic heterocycles. The van der Waals surface area contributed by atoms with Crippen LogP contribution in [-0.4, -0.2) is 23.9 Å². The van der Waals surface area contributed by atoms with E-state index in [1.165, 1.54) is 0 Å². The van der Waals surface area contributed by atoms with Crippen LogP contribution in [-0.2, 0) is 4.79 Å². The highest BCUT2D eigenvalue weighted by Gasteiger charge is 2.17. The van der Waals surface area contributed by atoms with Crippen LogP contribution >= 0.6 is 0 Å². The van der Waals surface area contributed by atoms with Gasteiger partial charge in [0.05, 0.1) is 0 Å². The van der Waals surface area contributed by atoms with Crippen LogP contribution in [0.1, 0.15) is 11.1 Å². The Morgan fingerprint density at radius 2 is 1.39 bits per heavy atom. The van der Waals surface area contributed by atoms with Crippen LogP contribution in [0.2, 0.25) is 0 Å². The summed E-state index contributed by atoms with van der Waals surface area (Å²) in [7, 11) is 0. The maximum Gasteiger partial charge on any atom is 0.255 e. The molecule has 0 atom stereocenters. The molecule has 2 nitrogen and oxygen atoms in total. The molecule has 0 saturated carbocycles. The molecule has 2 aromatic carbocycles. The highest BCUT2D eigenvalue weighted by molar-refractivity contribution is 6.24. The van der Waals surface area contributed by atoms with Crippen molar-refractivity contribution < 1.29 is 4.79 Å². The second-order valence-corrected chi connectivity index (χ2v) is 5.12. The van der Waals surface area contributed by atoms with Crippen molar-refractivity contribution in [3.05, 3.63) is 97.1 Å². The Morgan fingerprint density at radius 3 is 1.91 bits per heavy atom. The van der Waals surface area contributed by atoms with Gasteiger partial charge in [0.25, 0.3) is 5.91 Å². The molecule has 0 aliphatic rings. The van der Waals surface area contributed by atoms with Crippen molar-refractivity contribution in [3.8, 4) is 0 Å². The number of carbonyl (C=O) groups excluding carboxylic acids is 1. The maximum atomic E-state index is 13.0. The molecular weight excluding hydrogens is 282 g/mol. The first-order chi connectivity index (χ1) is 11.3. The van der Waals surface area contributed by atoms with Crippen molar-refractivity contribution in [3.63, 3.8) is 0 Å². The van der Waals surface area contributed by atoms with E-state index < -0.39 is 0 Å². The number of hydrogen-bond acceptors (Lipinski definition) is 1. The molecule has 1 amide bonds. The fraction of sp³-hybridized carbons (Fsp3) is 0.0952. The summed E-state index contributed by atoms with van der Waals surface area (Å²) in [6.45, 7) is 8.45. The lowest BCUT2D eigenvalue weighted by atomic mass is 10.0. The minimum atomic E-state index is -0.0279. The largest absolute Gasteiger partial charge is 0.331 e. The zero-order chi connectivity index (χ0) is 16.5. The average Bonchev–Trinajstić information content (AvgIpc) is 2.60. The van der Waals surface area contributed by atoms with Crippen molar-refractivity contribution in [1.29, 1.82) is 0 Å². The number of benzene rings is 2. The second-order valence-electron chi connectivity index (χ2n) is 5.12. The second kappa shape index (κ2) is 8.54. The first-order valence-corrected chi connectivity index (χ1v) is 7.59. The van der Waals surface area contributed by atoms with E-state index >= 15 is 0 Å². The Labute approximate surface area is 138 Å². The molecule has 2 aromatic rings. The van der Waals surface area contributed by atoms with Gasteiger partial charge in [-0.3, -0.25) is 4.79 Å². The number of carbonyl (C=O) groups is 1. The number of hydrogen-bond donors (Lipinski definition) is 0. The number of amides is 1. The van der Waals surface area contributed by atoms with Crippen molar-refractivity contribution >= 4 is 17.6 Å². The summed E-state index contributed by atoms with van der Waals surface area (Å²) < 4.78 is 0. The van der Waals surface area contributed by atoms with Gasteiger partial charge in [0, 0.05) is 18.7 Å². The van der Waals surface area contributed by atoms with E-state index in [0.29, 0.717) is 18.7 Å². The van der Waals surface area contributed by atoms with Gasteiger partial charge in [-0.05, 0) is 17.2 Å². The Kier molecular flexibility index (Phi) is 6.13. The summed E-state index contributed by atoms with van der Waals surface area (Å²) >= 11 is 0. The molecule has 0 heterocycles. The standard InChI is InChI=1S/C21H21NO/c1-3-15-22(16-4-2)21(23)20(19-13-9-6-10-14-19)17-18-11-7-5-8-12-18/h3-14,17H,1-2,15-16H2/b20-17-. The average molecular weight is 303 g/mol. The highest BCUT2D eigenvalue weighted by atomic mass is 16.2. The zero-order valence-electron chi connectivity index (χ0n) is 13.2. The summed E-state index contributed by atoms with van der Waals surface area (Å²) in [5, 5.41) is 0. The fourth-order valence-electron chi connectivity index (χ4n) is 2.32. The lowest BCUT2D eigenvalue weighted by molar-refractivity contribution is -0.124. The van der Waals surface area contributed by atoms with Gasteiger partial charge in [-0.1, -0.05) is 72.8 Å². The number of rotatable bonds is 7. The van der Waals surface area contributed by atoms with Gasteiger partial charge < -0.3 is 4.90 Å². The Hall–Kier alpha value is -2.87. The third kappa shape index (κ3) is 4.55. The van der Waals surface area contributed by atoms with Gasteiger partial charge in [-0.15, -0.1) is 13.2 Å². The molecule has 0 N–H and O–H groups in total. The minimum absolute atomic E-state index is 0.0279. The van der Waals surface area contributed by atoms with Crippen LogP contribution in [0, 0.1) is 0 Å². The van der Waals surface area contributed by atoms with Gasteiger partial charge in [0.1, 0.15) is 0 Å². The van der Waals surface area contributed by atoms with E-state index in [-0.39, 0.29) is 5.91 Å². The van der Waals surface area contributed by atoms with E-state index in [1.807, 2.05) is 66.7 Å². The molecule has 116 valence electrons. The molecule has 0 unspecified atom stereocenters. The van der Waals surface area contributed by atoms with E-state index in [0.717, 1.165) is 11.1 Å². The third-order valence-corrected chi connectivity index (χ3v) is 3.41. The Bertz CT molecular complexity index is 676. The summed E-state index contributed by atoms with van der Waals surface area (Å²) in [6, 6.07) is 19.6. The normalized spacial score (nSPS) is 10.9. The predicted molar refractivity (Wildman–Crippen MR) is 97.7 cm³/mol. The van der Waals surface area contributed by atoms with Gasteiger partial charge in [-0.25, -0.2) is 0 Å². The first-order valence-electron chi connectivity index (χ1n) is 7.59. The molecule has 0 fully saturated rings. The molecule has 0 aromatic heterocycles. The third-order valence-electron chi connectivity index (χ3n) is 3.41. The quantitative estimate of drug-likeness (QED) is 0.421. The van der Waals surface area contributed by atoms with Crippen molar-refractivity contribution in [2.24, 2.45) is 0 Å². The van der Waals surface area contributed by atoms with Crippen LogP contribution < -0.4 is 0 Å². The maximum absolute atomic E-state index is 13.0. The summed E-state index contributed by atoms with van der Waals surface area (Å²) in [6.07, 6.45) is 5.38. The van der Waals surface area contributed by atoms with Gasteiger partial charge in [0.2, 0.25) is 0 Å². The molecule has 0 aliphatic carbocycles. The van der Waals surface area contributed by atoms with Crippen LogP contribution in [0.15, 0.2) is 86.0 Å². The molecule has 0 spiro atoms. The molecule has 0 saturated heterocycles. The van der Waals surface area contributed by atoms with Crippen molar-refractivity contribution in [2.45, 2.75) is 0 Å². The molecule has 2 heteroatoms. The first kappa shape index (κ1) is 16.5. The SMILES string of the molecule is C=CCN(CC=C)C(=O)/C(=C\c1ccccc1)c1ccccc1. The lowest BCUT2D eigenvalue weighted by Crippen LogP contribution is -2.32. The van der Waals surface area contributed by atoms with E-state index in [4.69, 9.17) is 0 Å². The monoisotopic (exact) mass is 303 g/mol. The summed E-state index contributed by atoms with van der Waals surface area (Å²) in [5.41, 5.74) is 2.57. The van der Waals surface area contributed by atoms with Gasteiger partial charge in [0.15, 0.2) is 0 Å². The topological polar surface area (TPSA) is 20.3 Å². The summed E-state index contributed by atoms with van der Waals surface area (Å²) in [5.74, 6) is -0.0279.